The number of benzene rings is 1. The zero-order chi connectivity index (χ0) is 21.1. The van der Waals surface area contributed by atoms with Crippen LogP contribution < -0.4 is 15.6 Å². The summed E-state index contributed by atoms with van der Waals surface area (Å²) in [6.45, 7) is 3.41. The molecule has 3 aromatic rings. The van der Waals surface area contributed by atoms with Crippen molar-refractivity contribution >= 4 is 33.4 Å². The van der Waals surface area contributed by atoms with Crippen LogP contribution in [0, 0.1) is 6.92 Å². The lowest BCUT2D eigenvalue weighted by Gasteiger charge is -2.14. The number of esters is 1. The second-order valence-electron chi connectivity index (χ2n) is 6.47. The predicted molar refractivity (Wildman–Crippen MR) is 109 cm³/mol. The highest BCUT2D eigenvalue weighted by atomic mass is 32.1. The fourth-order valence-electron chi connectivity index (χ4n) is 2.85. The van der Waals surface area contributed by atoms with Crippen molar-refractivity contribution in [1.82, 2.24) is 14.9 Å². The molecule has 29 heavy (non-hydrogen) atoms. The van der Waals surface area contributed by atoms with Crippen LogP contribution in [0.15, 0.2) is 35.4 Å². The van der Waals surface area contributed by atoms with Crippen molar-refractivity contribution in [2.24, 2.45) is 7.05 Å². The SMILES string of the molecule is COc1ccccc1CNC(=O)C(C)OC(=O)c1sc2ncn(C)c(=O)c2c1C. The Kier molecular flexibility index (Phi) is 5.97. The Labute approximate surface area is 171 Å². The maximum Gasteiger partial charge on any atom is 0.349 e. The van der Waals surface area contributed by atoms with Gasteiger partial charge in [-0.15, -0.1) is 11.3 Å². The number of ether oxygens (including phenoxy) is 2. The van der Waals surface area contributed by atoms with Crippen LogP contribution in [0.2, 0.25) is 0 Å². The summed E-state index contributed by atoms with van der Waals surface area (Å²) in [5.74, 6) is -0.433. The topological polar surface area (TPSA) is 99.5 Å². The molecule has 0 spiro atoms. The van der Waals surface area contributed by atoms with Crippen LogP contribution in [0.1, 0.15) is 27.7 Å². The molecule has 1 N–H and O–H groups in total. The molecule has 0 fully saturated rings. The molecule has 0 saturated heterocycles. The van der Waals surface area contributed by atoms with E-state index in [2.05, 4.69) is 10.3 Å². The summed E-state index contributed by atoms with van der Waals surface area (Å²) in [5.41, 5.74) is 1.08. The zero-order valence-corrected chi connectivity index (χ0v) is 17.3. The number of amides is 1. The second kappa shape index (κ2) is 8.44. The van der Waals surface area contributed by atoms with E-state index in [0.717, 1.165) is 16.9 Å². The van der Waals surface area contributed by atoms with Gasteiger partial charge in [0.25, 0.3) is 11.5 Å². The Morgan fingerprint density at radius 1 is 1.31 bits per heavy atom. The van der Waals surface area contributed by atoms with Gasteiger partial charge in [-0.2, -0.15) is 0 Å². The number of fused-ring (bicyclic) bond motifs is 1. The van der Waals surface area contributed by atoms with E-state index in [1.807, 2.05) is 18.2 Å². The highest BCUT2D eigenvalue weighted by Crippen LogP contribution is 2.27. The molecule has 3 rings (SSSR count). The number of hydrogen-bond acceptors (Lipinski definition) is 7. The Hall–Kier alpha value is -3.20. The van der Waals surface area contributed by atoms with Gasteiger partial charge in [-0.05, 0) is 25.5 Å². The molecule has 1 unspecified atom stereocenters. The van der Waals surface area contributed by atoms with Crippen LogP contribution in [0.5, 0.6) is 5.75 Å². The average molecular weight is 415 g/mol. The predicted octanol–water partition coefficient (Wildman–Crippen LogP) is 2.17. The largest absolute Gasteiger partial charge is 0.496 e. The Balaban J connectivity index is 1.69. The molecule has 9 heteroatoms. The summed E-state index contributed by atoms with van der Waals surface area (Å²) in [6, 6.07) is 7.32. The normalized spacial score (nSPS) is 11.9. The van der Waals surface area contributed by atoms with Gasteiger partial charge in [0.1, 0.15) is 15.5 Å². The summed E-state index contributed by atoms with van der Waals surface area (Å²) in [7, 11) is 3.15. The summed E-state index contributed by atoms with van der Waals surface area (Å²) in [4.78, 5) is 42.1. The molecule has 0 bridgehead atoms. The molecule has 1 amide bonds. The number of nitrogens with zero attached hydrogens (tertiary/aromatic N) is 2. The quantitative estimate of drug-likeness (QED) is 0.620. The summed E-state index contributed by atoms with van der Waals surface area (Å²) >= 11 is 1.08. The van der Waals surface area contributed by atoms with Crippen LogP contribution in [0.25, 0.3) is 10.2 Å². The summed E-state index contributed by atoms with van der Waals surface area (Å²) in [5, 5.41) is 3.12. The fourth-order valence-corrected chi connectivity index (χ4v) is 3.87. The first-order valence-corrected chi connectivity index (χ1v) is 9.70. The van der Waals surface area contributed by atoms with E-state index in [0.29, 0.717) is 21.5 Å². The van der Waals surface area contributed by atoms with Gasteiger partial charge in [-0.25, -0.2) is 9.78 Å². The zero-order valence-electron chi connectivity index (χ0n) is 16.5. The number of methoxy groups -OCH3 is 1. The smallest absolute Gasteiger partial charge is 0.349 e. The molecule has 0 radical (unpaired) electrons. The Bertz CT molecular complexity index is 1130. The lowest BCUT2D eigenvalue weighted by atomic mass is 10.2. The van der Waals surface area contributed by atoms with Crippen LogP contribution in [-0.2, 0) is 23.1 Å². The number of rotatable bonds is 6. The van der Waals surface area contributed by atoms with Crippen molar-refractivity contribution < 1.29 is 19.1 Å². The second-order valence-corrected chi connectivity index (χ2v) is 7.47. The highest BCUT2D eigenvalue weighted by molar-refractivity contribution is 7.20. The number of aryl methyl sites for hydroxylation is 2. The van der Waals surface area contributed by atoms with Gasteiger partial charge in [0, 0.05) is 19.2 Å². The molecule has 2 heterocycles. The van der Waals surface area contributed by atoms with Crippen LogP contribution in [0.4, 0.5) is 0 Å². The van der Waals surface area contributed by atoms with Gasteiger partial charge in [0.2, 0.25) is 0 Å². The minimum absolute atomic E-state index is 0.231. The molecular weight excluding hydrogens is 394 g/mol. The molecular formula is C20H21N3O5S. The standard InChI is InChI=1S/C20H21N3O5S/c1-11-15-18(22-10-23(3)19(15)25)29-16(11)20(26)28-12(2)17(24)21-9-13-7-5-6-8-14(13)27-4/h5-8,10,12H,9H2,1-4H3,(H,21,24). The van der Waals surface area contributed by atoms with Crippen molar-refractivity contribution in [2.75, 3.05) is 7.11 Å². The molecule has 1 atom stereocenters. The van der Waals surface area contributed by atoms with E-state index in [-0.39, 0.29) is 17.0 Å². The van der Waals surface area contributed by atoms with Crippen molar-refractivity contribution in [3.63, 3.8) is 0 Å². The molecule has 0 aliphatic heterocycles. The first kappa shape index (κ1) is 20.5. The van der Waals surface area contributed by atoms with E-state index in [9.17, 15) is 14.4 Å². The van der Waals surface area contributed by atoms with Crippen molar-refractivity contribution in [3.8, 4) is 5.75 Å². The van der Waals surface area contributed by atoms with Crippen LogP contribution in [-0.4, -0.2) is 34.6 Å². The van der Waals surface area contributed by atoms with Gasteiger partial charge in [-0.1, -0.05) is 18.2 Å². The maximum atomic E-state index is 12.6. The van der Waals surface area contributed by atoms with Crippen LogP contribution >= 0.6 is 11.3 Å². The Morgan fingerprint density at radius 2 is 2.03 bits per heavy atom. The van der Waals surface area contributed by atoms with Crippen molar-refractivity contribution in [1.29, 1.82) is 0 Å². The number of thiophene rings is 1. The van der Waals surface area contributed by atoms with Gasteiger partial charge < -0.3 is 19.4 Å². The van der Waals surface area contributed by atoms with E-state index < -0.39 is 18.0 Å². The molecule has 0 saturated carbocycles. The first-order chi connectivity index (χ1) is 13.8. The van der Waals surface area contributed by atoms with Crippen LogP contribution in [0.3, 0.4) is 0 Å². The van der Waals surface area contributed by atoms with Crippen molar-refractivity contribution in [3.05, 3.63) is 57.0 Å². The lowest BCUT2D eigenvalue weighted by molar-refractivity contribution is -0.129. The third kappa shape index (κ3) is 4.14. The number of para-hydroxylation sites is 1. The van der Waals surface area contributed by atoms with E-state index in [4.69, 9.17) is 9.47 Å². The molecule has 0 aliphatic rings. The molecule has 0 aliphatic carbocycles. The molecule has 1 aromatic carbocycles. The third-order valence-corrected chi connectivity index (χ3v) is 5.67. The van der Waals surface area contributed by atoms with Gasteiger partial charge in [0.05, 0.1) is 18.8 Å². The Morgan fingerprint density at radius 3 is 2.76 bits per heavy atom. The van der Waals surface area contributed by atoms with Crippen molar-refractivity contribution in [2.45, 2.75) is 26.5 Å². The minimum atomic E-state index is -1.00. The van der Waals surface area contributed by atoms with Gasteiger partial charge in [0.15, 0.2) is 6.10 Å². The monoisotopic (exact) mass is 415 g/mol. The molecule has 152 valence electrons. The maximum absolute atomic E-state index is 12.6. The summed E-state index contributed by atoms with van der Waals surface area (Å²) < 4.78 is 11.9. The fraction of sp³-hybridized carbons (Fsp3) is 0.300. The van der Waals surface area contributed by atoms with E-state index in [1.54, 1.807) is 27.1 Å². The number of carbonyl (C=O) groups excluding carboxylic acids is 2. The minimum Gasteiger partial charge on any atom is -0.496 e. The lowest BCUT2D eigenvalue weighted by Crippen LogP contribution is -2.35. The third-order valence-electron chi connectivity index (χ3n) is 4.49. The number of carbonyl (C=O) groups is 2. The number of aromatic nitrogens is 2. The number of nitrogens with one attached hydrogen (secondary N) is 1. The molecule has 8 nitrogen and oxygen atoms in total. The first-order valence-electron chi connectivity index (χ1n) is 8.88. The van der Waals surface area contributed by atoms with Gasteiger partial charge >= 0.3 is 5.97 Å². The van der Waals surface area contributed by atoms with E-state index >= 15 is 0 Å². The highest BCUT2D eigenvalue weighted by Gasteiger charge is 2.24. The number of hydrogen-bond donors (Lipinski definition) is 1. The van der Waals surface area contributed by atoms with E-state index in [1.165, 1.54) is 17.8 Å². The average Bonchev–Trinajstić information content (AvgIpc) is 3.06. The molecule has 2 aromatic heterocycles. The van der Waals surface area contributed by atoms with Gasteiger partial charge in [-0.3, -0.25) is 9.59 Å². The summed E-state index contributed by atoms with van der Waals surface area (Å²) in [6.07, 6.45) is 0.404.